The first-order valence-electron chi connectivity index (χ1n) is 8.74. The van der Waals surface area contributed by atoms with E-state index in [1.165, 1.54) is 22.5 Å². The molecule has 25 heavy (non-hydrogen) atoms. The number of hydrogen-bond acceptors (Lipinski definition) is 4. The Kier molecular flexibility index (Phi) is 6.00. The van der Waals surface area contributed by atoms with Gasteiger partial charge in [-0.05, 0) is 23.9 Å². The molecule has 1 aromatic carbocycles. The van der Waals surface area contributed by atoms with E-state index in [0.717, 1.165) is 37.6 Å². The van der Waals surface area contributed by atoms with Gasteiger partial charge in [0.05, 0.1) is 4.88 Å². The third-order valence-corrected chi connectivity index (χ3v) is 5.49. The molecular formula is C20H24N2O2S. The number of hydrogen-bond donors (Lipinski definition) is 0. The van der Waals surface area contributed by atoms with Crippen LogP contribution in [0.4, 0.5) is 0 Å². The van der Waals surface area contributed by atoms with Gasteiger partial charge in [0.15, 0.2) is 5.78 Å². The number of thiophene rings is 1. The maximum atomic E-state index is 12.3. The minimum atomic E-state index is 0.0708. The summed E-state index contributed by atoms with van der Waals surface area (Å²) >= 11 is 1.44. The van der Waals surface area contributed by atoms with Crippen LogP contribution < -0.4 is 0 Å². The van der Waals surface area contributed by atoms with Gasteiger partial charge in [-0.25, -0.2) is 0 Å². The highest BCUT2D eigenvalue weighted by Crippen LogP contribution is 2.14. The summed E-state index contributed by atoms with van der Waals surface area (Å²) in [5.41, 5.74) is 2.60. The summed E-state index contributed by atoms with van der Waals surface area (Å²) in [5.74, 6) is 0.168. The minimum absolute atomic E-state index is 0.0708. The molecule has 1 saturated heterocycles. The molecule has 0 radical (unpaired) electrons. The minimum Gasteiger partial charge on any atom is -0.340 e. The number of aryl methyl sites for hydroxylation is 1. The second-order valence-corrected chi connectivity index (χ2v) is 7.49. The van der Waals surface area contributed by atoms with Gasteiger partial charge in [0, 0.05) is 45.6 Å². The molecule has 132 valence electrons. The Morgan fingerprint density at radius 3 is 2.52 bits per heavy atom. The monoisotopic (exact) mass is 356 g/mol. The fourth-order valence-electron chi connectivity index (χ4n) is 3.16. The SMILES string of the molecule is Cc1cccc(CN2CCN(C(=O)CCC(=O)c3cccs3)CC2)c1. The van der Waals surface area contributed by atoms with Gasteiger partial charge >= 0.3 is 0 Å². The maximum Gasteiger partial charge on any atom is 0.223 e. The van der Waals surface area contributed by atoms with Gasteiger partial charge in [-0.2, -0.15) is 0 Å². The van der Waals surface area contributed by atoms with Gasteiger partial charge in [0.1, 0.15) is 0 Å². The number of ketones is 1. The van der Waals surface area contributed by atoms with Crippen molar-refractivity contribution in [1.82, 2.24) is 9.80 Å². The Morgan fingerprint density at radius 1 is 1.04 bits per heavy atom. The van der Waals surface area contributed by atoms with Gasteiger partial charge in [0.2, 0.25) is 5.91 Å². The molecule has 0 aliphatic carbocycles. The second kappa shape index (κ2) is 8.41. The van der Waals surface area contributed by atoms with Crippen molar-refractivity contribution in [1.29, 1.82) is 0 Å². The van der Waals surface area contributed by atoms with Crippen molar-refractivity contribution in [2.75, 3.05) is 26.2 Å². The van der Waals surface area contributed by atoms with Crippen molar-refractivity contribution in [3.8, 4) is 0 Å². The van der Waals surface area contributed by atoms with Crippen LogP contribution in [0.25, 0.3) is 0 Å². The predicted molar refractivity (Wildman–Crippen MR) is 101 cm³/mol. The topological polar surface area (TPSA) is 40.6 Å². The smallest absolute Gasteiger partial charge is 0.223 e. The Bertz CT molecular complexity index is 719. The van der Waals surface area contributed by atoms with E-state index in [0.29, 0.717) is 12.8 Å². The van der Waals surface area contributed by atoms with Crippen LogP contribution in [-0.4, -0.2) is 47.7 Å². The van der Waals surface area contributed by atoms with Crippen molar-refractivity contribution in [2.45, 2.75) is 26.3 Å². The van der Waals surface area contributed by atoms with Crippen molar-refractivity contribution in [3.63, 3.8) is 0 Å². The van der Waals surface area contributed by atoms with Gasteiger partial charge in [-0.15, -0.1) is 11.3 Å². The van der Waals surface area contributed by atoms with Crippen molar-refractivity contribution in [2.24, 2.45) is 0 Å². The zero-order chi connectivity index (χ0) is 17.6. The lowest BCUT2D eigenvalue weighted by atomic mass is 10.1. The number of nitrogens with zero attached hydrogens (tertiary/aromatic N) is 2. The molecule has 0 unspecified atom stereocenters. The first-order valence-corrected chi connectivity index (χ1v) is 9.62. The zero-order valence-electron chi connectivity index (χ0n) is 14.6. The van der Waals surface area contributed by atoms with Crippen molar-refractivity contribution >= 4 is 23.0 Å². The number of carbonyl (C=O) groups is 2. The fourth-order valence-corrected chi connectivity index (χ4v) is 3.86. The van der Waals surface area contributed by atoms with Gasteiger partial charge < -0.3 is 4.90 Å². The molecule has 1 amide bonds. The summed E-state index contributed by atoms with van der Waals surface area (Å²) in [7, 11) is 0. The van der Waals surface area contributed by atoms with Gasteiger partial charge in [-0.1, -0.05) is 35.9 Å². The normalized spacial score (nSPS) is 15.3. The third kappa shape index (κ3) is 5.00. The Balaban J connectivity index is 1.42. The van der Waals surface area contributed by atoms with Crippen molar-refractivity contribution in [3.05, 3.63) is 57.8 Å². The van der Waals surface area contributed by atoms with E-state index >= 15 is 0 Å². The fraction of sp³-hybridized carbons (Fsp3) is 0.400. The van der Waals surface area contributed by atoms with E-state index in [4.69, 9.17) is 0 Å². The summed E-state index contributed by atoms with van der Waals surface area (Å²) in [6.07, 6.45) is 0.622. The van der Waals surface area contributed by atoms with Crippen LogP contribution in [0.15, 0.2) is 41.8 Å². The molecule has 3 rings (SSSR count). The van der Waals surface area contributed by atoms with E-state index < -0.39 is 0 Å². The molecule has 0 saturated carbocycles. The molecule has 0 spiro atoms. The first kappa shape index (κ1) is 17.8. The van der Waals surface area contributed by atoms with Crippen LogP contribution in [0.3, 0.4) is 0 Å². The van der Waals surface area contributed by atoms with E-state index in [1.54, 1.807) is 0 Å². The van der Waals surface area contributed by atoms with Crippen LogP contribution in [-0.2, 0) is 11.3 Å². The van der Waals surface area contributed by atoms with Crippen molar-refractivity contribution < 1.29 is 9.59 Å². The largest absolute Gasteiger partial charge is 0.340 e. The Morgan fingerprint density at radius 2 is 1.84 bits per heavy atom. The first-order chi connectivity index (χ1) is 12.1. The van der Waals surface area contributed by atoms with Crippen LogP contribution in [0.5, 0.6) is 0 Å². The summed E-state index contributed by atoms with van der Waals surface area (Å²) in [6, 6.07) is 12.3. The molecule has 5 heteroatoms. The molecule has 1 aliphatic heterocycles. The number of rotatable bonds is 6. The summed E-state index contributed by atoms with van der Waals surface area (Å²) in [5, 5.41) is 1.89. The Labute approximate surface area is 153 Å². The van der Waals surface area contributed by atoms with Crippen LogP contribution in [0.1, 0.15) is 33.6 Å². The van der Waals surface area contributed by atoms with E-state index in [2.05, 4.69) is 36.1 Å². The highest BCUT2D eigenvalue weighted by atomic mass is 32.1. The second-order valence-electron chi connectivity index (χ2n) is 6.55. The van der Waals surface area contributed by atoms with E-state index in [9.17, 15) is 9.59 Å². The lowest BCUT2D eigenvalue weighted by molar-refractivity contribution is -0.132. The molecule has 0 atom stereocenters. The summed E-state index contributed by atoms with van der Waals surface area (Å²) < 4.78 is 0. The van der Waals surface area contributed by atoms with Gasteiger partial charge in [0.25, 0.3) is 0 Å². The lowest BCUT2D eigenvalue weighted by Gasteiger charge is -2.34. The maximum absolute atomic E-state index is 12.3. The average Bonchev–Trinajstić information content (AvgIpc) is 3.15. The number of carbonyl (C=O) groups excluding carboxylic acids is 2. The lowest BCUT2D eigenvalue weighted by Crippen LogP contribution is -2.48. The number of amides is 1. The quantitative estimate of drug-likeness (QED) is 0.745. The molecule has 1 fully saturated rings. The Hall–Kier alpha value is -1.98. The number of benzene rings is 1. The van der Waals surface area contributed by atoms with Crippen LogP contribution in [0, 0.1) is 6.92 Å². The molecule has 2 aromatic rings. The van der Waals surface area contributed by atoms with E-state index in [-0.39, 0.29) is 11.7 Å². The van der Waals surface area contributed by atoms with Gasteiger partial charge in [-0.3, -0.25) is 14.5 Å². The molecule has 4 nitrogen and oxygen atoms in total. The summed E-state index contributed by atoms with van der Waals surface area (Å²) in [6.45, 7) is 6.31. The molecule has 1 aliphatic rings. The number of Topliss-reactive ketones (excluding diaryl/α,β-unsaturated/α-hetero) is 1. The predicted octanol–water partition coefficient (Wildman–Crippen LogP) is 3.36. The van der Waals surface area contributed by atoms with Crippen LogP contribution >= 0.6 is 11.3 Å². The third-order valence-electron chi connectivity index (χ3n) is 4.58. The molecule has 1 aromatic heterocycles. The molecular weight excluding hydrogens is 332 g/mol. The number of piperazine rings is 1. The van der Waals surface area contributed by atoms with E-state index in [1.807, 2.05) is 22.4 Å². The summed E-state index contributed by atoms with van der Waals surface area (Å²) in [4.78, 5) is 29.4. The average molecular weight is 356 g/mol. The molecule has 0 bridgehead atoms. The molecule has 2 heterocycles. The highest BCUT2D eigenvalue weighted by Gasteiger charge is 2.21. The van der Waals surface area contributed by atoms with Crippen LogP contribution in [0.2, 0.25) is 0 Å². The highest BCUT2D eigenvalue weighted by molar-refractivity contribution is 7.12. The standard InChI is InChI=1S/C20H24N2O2S/c1-16-4-2-5-17(14-16)15-21-9-11-22(12-10-21)20(24)8-7-18(23)19-6-3-13-25-19/h2-6,13-14H,7-12,15H2,1H3. The molecule has 0 N–H and O–H groups in total. The zero-order valence-corrected chi connectivity index (χ0v) is 15.4.